The minimum atomic E-state index is -0.987. The molecule has 4 nitrogen and oxygen atoms in total. The maximum absolute atomic E-state index is 13.7. The predicted octanol–water partition coefficient (Wildman–Crippen LogP) is 2.62. The summed E-state index contributed by atoms with van der Waals surface area (Å²) < 4.78 is 27.6. The standard InChI is InChI=1S/C14H17BrF2N2O2/c1-7(2)4-11(13(20)18-3)19-14(21)12-9(16)5-8(15)6-10(12)17/h5-7,11H,4H2,1-3H3,(H,18,20)(H,19,21). The Kier molecular flexibility index (Phi) is 6.26. The van der Waals surface area contributed by atoms with E-state index < -0.39 is 35.1 Å². The molecule has 0 saturated carbocycles. The number of carbonyl (C=O) groups excluding carboxylic acids is 2. The van der Waals surface area contributed by atoms with Crippen molar-refractivity contribution in [2.24, 2.45) is 5.92 Å². The molecule has 7 heteroatoms. The zero-order valence-corrected chi connectivity index (χ0v) is 13.6. The van der Waals surface area contributed by atoms with E-state index in [0.717, 1.165) is 12.1 Å². The van der Waals surface area contributed by atoms with Gasteiger partial charge in [-0.2, -0.15) is 0 Å². The van der Waals surface area contributed by atoms with E-state index in [1.165, 1.54) is 7.05 Å². The molecular weight excluding hydrogens is 346 g/mol. The highest BCUT2D eigenvalue weighted by Gasteiger charge is 2.25. The van der Waals surface area contributed by atoms with Crippen molar-refractivity contribution in [3.63, 3.8) is 0 Å². The first-order valence-electron chi connectivity index (χ1n) is 6.43. The van der Waals surface area contributed by atoms with Gasteiger partial charge in [0, 0.05) is 11.5 Å². The maximum atomic E-state index is 13.7. The van der Waals surface area contributed by atoms with Gasteiger partial charge in [-0.25, -0.2) is 8.78 Å². The predicted molar refractivity (Wildman–Crippen MR) is 78.8 cm³/mol. The molecule has 1 rings (SSSR count). The average Bonchev–Trinajstić information content (AvgIpc) is 2.35. The average molecular weight is 363 g/mol. The van der Waals surface area contributed by atoms with Crippen molar-refractivity contribution in [2.45, 2.75) is 26.3 Å². The lowest BCUT2D eigenvalue weighted by atomic mass is 10.0. The van der Waals surface area contributed by atoms with Gasteiger partial charge in [-0.05, 0) is 24.5 Å². The van der Waals surface area contributed by atoms with E-state index in [-0.39, 0.29) is 10.4 Å². The van der Waals surface area contributed by atoms with Gasteiger partial charge in [-0.3, -0.25) is 9.59 Å². The number of nitrogens with one attached hydrogen (secondary N) is 2. The largest absolute Gasteiger partial charge is 0.357 e. The monoisotopic (exact) mass is 362 g/mol. The van der Waals surface area contributed by atoms with Crippen LogP contribution < -0.4 is 10.6 Å². The summed E-state index contributed by atoms with van der Waals surface area (Å²) in [6, 6.07) is 1.15. The summed E-state index contributed by atoms with van der Waals surface area (Å²) in [5.41, 5.74) is -0.698. The Morgan fingerprint density at radius 3 is 2.19 bits per heavy atom. The third-order valence-electron chi connectivity index (χ3n) is 2.81. The summed E-state index contributed by atoms with van der Waals surface area (Å²) in [5, 5.41) is 4.79. The lowest BCUT2D eigenvalue weighted by Gasteiger charge is -2.19. The second-order valence-electron chi connectivity index (χ2n) is 5.01. The van der Waals surface area contributed by atoms with E-state index >= 15 is 0 Å². The number of benzene rings is 1. The smallest absolute Gasteiger partial charge is 0.257 e. The molecule has 0 aromatic heterocycles. The fourth-order valence-corrected chi connectivity index (χ4v) is 2.27. The van der Waals surface area contributed by atoms with Gasteiger partial charge in [0.1, 0.15) is 23.2 Å². The second kappa shape index (κ2) is 7.49. The van der Waals surface area contributed by atoms with Crippen molar-refractivity contribution in [1.29, 1.82) is 0 Å². The van der Waals surface area contributed by atoms with Gasteiger partial charge in [0.05, 0.1) is 0 Å². The zero-order chi connectivity index (χ0) is 16.2. The van der Waals surface area contributed by atoms with Crippen LogP contribution in [0, 0.1) is 17.6 Å². The Balaban J connectivity index is 2.99. The molecular formula is C14H17BrF2N2O2. The highest BCUT2D eigenvalue weighted by molar-refractivity contribution is 9.10. The number of amides is 2. The normalized spacial score (nSPS) is 12.1. The van der Waals surface area contributed by atoms with Gasteiger partial charge in [-0.1, -0.05) is 29.8 Å². The molecule has 21 heavy (non-hydrogen) atoms. The molecule has 1 aromatic carbocycles. The third-order valence-corrected chi connectivity index (χ3v) is 3.27. The number of likely N-dealkylation sites (N-methyl/N-ethyl adjacent to an activating group) is 1. The summed E-state index contributed by atoms with van der Waals surface area (Å²) >= 11 is 2.94. The van der Waals surface area contributed by atoms with E-state index in [4.69, 9.17) is 0 Å². The zero-order valence-electron chi connectivity index (χ0n) is 12.0. The van der Waals surface area contributed by atoms with E-state index in [1.54, 1.807) is 0 Å². The molecule has 0 aliphatic heterocycles. The summed E-state index contributed by atoms with van der Waals surface area (Å²) in [5.74, 6) is -3.20. The van der Waals surface area contributed by atoms with Crippen LogP contribution in [0.2, 0.25) is 0 Å². The lowest BCUT2D eigenvalue weighted by molar-refractivity contribution is -0.122. The number of rotatable bonds is 5. The number of hydrogen-bond donors (Lipinski definition) is 2. The topological polar surface area (TPSA) is 58.2 Å². The molecule has 1 aromatic rings. The highest BCUT2D eigenvalue weighted by atomic mass is 79.9. The van der Waals surface area contributed by atoms with E-state index in [1.807, 2.05) is 13.8 Å². The van der Waals surface area contributed by atoms with E-state index in [9.17, 15) is 18.4 Å². The minimum absolute atomic E-state index is 0.132. The molecule has 1 unspecified atom stereocenters. The molecule has 0 heterocycles. The molecule has 0 saturated heterocycles. The highest BCUT2D eigenvalue weighted by Crippen LogP contribution is 2.19. The quantitative estimate of drug-likeness (QED) is 0.845. The van der Waals surface area contributed by atoms with Crippen molar-refractivity contribution in [3.8, 4) is 0 Å². The summed E-state index contributed by atoms with van der Waals surface area (Å²) in [4.78, 5) is 23.7. The lowest BCUT2D eigenvalue weighted by Crippen LogP contribution is -2.46. The van der Waals surface area contributed by atoms with Crippen molar-refractivity contribution < 1.29 is 18.4 Å². The van der Waals surface area contributed by atoms with Crippen molar-refractivity contribution in [3.05, 3.63) is 33.8 Å². The molecule has 2 amide bonds. The van der Waals surface area contributed by atoms with Crippen molar-refractivity contribution in [1.82, 2.24) is 10.6 Å². The van der Waals surface area contributed by atoms with Crippen LogP contribution in [-0.4, -0.2) is 24.9 Å². The van der Waals surface area contributed by atoms with Gasteiger partial charge in [-0.15, -0.1) is 0 Å². The molecule has 1 atom stereocenters. The first-order chi connectivity index (χ1) is 9.76. The molecule has 0 spiro atoms. The van der Waals surface area contributed by atoms with Crippen molar-refractivity contribution in [2.75, 3.05) is 7.05 Å². The van der Waals surface area contributed by atoms with Crippen LogP contribution in [0.25, 0.3) is 0 Å². The molecule has 0 fully saturated rings. The Bertz CT molecular complexity index is 527. The summed E-state index contributed by atoms with van der Waals surface area (Å²) in [6.07, 6.45) is 0.366. The second-order valence-corrected chi connectivity index (χ2v) is 5.93. The first-order valence-corrected chi connectivity index (χ1v) is 7.22. The molecule has 0 bridgehead atoms. The Morgan fingerprint density at radius 1 is 1.24 bits per heavy atom. The van der Waals surface area contributed by atoms with Gasteiger partial charge in [0.15, 0.2) is 0 Å². The molecule has 2 N–H and O–H groups in total. The van der Waals surface area contributed by atoms with Crippen LogP contribution in [0.3, 0.4) is 0 Å². The SMILES string of the molecule is CNC(=O)C(CC(C)C)NC(=O)c1c(F)cc(Br)cc1F. The molecule has 0 radical (unpaired) electrons. The van der Waals surface area contributed by atoms with Crippen LogP contribution in [0.5, 0.6) is 0 Å². The van der Waals surface area contributed by atoms with Crippen LogP contribution in [0.15, 0.2) is 16.6 Å². The van der Waals surface area contributed by atoms with Crippen molar-refractivity contribution >= 4 is 27.7 Å². The van der Waals surface area contributed by atoms with Crippen LogP contribution in [0.1, 0.15) is 30.6 Å². The number of hydrogen-bond acceptors (Lipinski definition) is 2. The molecule has 116 valence electrons. The van der Waals surface area contributed by atoms with E-state index in [0.29, 0.717) is 6.42 Å². The first kappa shape index (κ1) is 17.6. The Morgan fingerprint density at radius 2 is 1.76 bits per heavy atom. The van der Waals surface area contributed by atoms with E-state index in [2.05, 4.69) is 26.6 Å². The summed E-state index contributed by atoms with van der Waals surface area (Å²) in [6.45, 7) is 3.76. The van der Waals surface area contributed by atoms with Crippen LogP contribution in [-0.2, 0) is 4.79 Å². The van der Waals surface area contributed by atoms with Crippen LogP contribution in [0.4, 0.5) is 8.78 Å². The third kappa shape index (κ3) is 4.77. The van der Waals surface area contributed by atoms with Gasteiger partial charge >= 0.3 is 0 Å². The Labute approximate surface area is 130 Å². The van der Waals surface area contributed by atoms with Crippen LogP contribution >= 0.6 is 15.9 Å². The minimum Gasteiger partial charge on any atom is -0.357 e. The van der Waals surface area contributed by atoms with Gasteiger partial charge < -0.3 is 10.6 Å². The fraction of sp³-hybridized carbons (Fsp3) is 0.429. The van der Waals surface area contributed by atoms with Gasteiger partial charge in [0.25, 0.3) is 5.91 Å². The summed E-state index contributed by atoms with van der Waals surface area (Å²) in [7, 11) is 1.43. The Hall–Kier alpha value is -1.50. The number of carbonyl (C=O) groups is 2. The molecule has 0 aliphatic carbocycles. The number of halogens is 3. The maximum Gasteiger partial charge on any atom is 0.257 e. The molecule has 0 aliphatic rings. The fourth-order valence-electron chi connectivity index (χ4n) is 1.87. The van der Waals surface area contributed by atoms with Gasteiger partial charge in [0.2, 0.25) is 5.91 Å².